The zero-order valence-corrected chi connectivity index (χ0v) is 15.2. The van der Waals surface area contributed by atoms with Crippen LogP contribution >= 0.6 is 11.6 Å². The summed E-state index contributed by atoms with van der Waals surface area (Å²) in [6.45, 7) is 1.67. The number of carbonyl (C=O) groups excluding carboxylic acids is 1. The van der Waals surface area contributed by atoms with Crippen molar-refractivity contribution in [3.8, 4) is 0 Å². The molecule has 25 heavy (non-hydrogen) atoms. The predicted molar refractivity (Wildman–Crippen MR) is 90.8 cm³/mol. The zero-order chi connectivity index (χ0) is 18.1. The van der Waals surface area contributed by atoms with Crippen molar-refractivity contribution in [2.24, 2.45) is 0 Å². The zero-order valence-electron chi connectivity index (χ0n) is 13.7. The molecule has 1 aromatic carbocycles. The van der Waals surface area contributed by atoms with Crippen molar-refractivity contribution in [1.29, 1.82) is 0 Å². The Balaban J connectivity index is 1.77. The molecule has 0 atom stereocenters. The largest absolute Gasteiger partial charge is 0.342 e. The first-order chi connectivity index (χ1) is 11.8. The minimum atomic E-state index is -3.76. The second-order valence-corrected chi connectivity index (χ2v) is 8.61. The minimum absolute atomic E-state index is 0.0583. The highest BCUT2D eigenvalue weighted by Gasteiger charge is 2.41. The SMILES string of the molecule is Cc1nc(C2(NC(=O)CS(=O)(=O)c3ccc(Cl)cc3)CCCC2)no1. The summed E-state index contributed by atoms with van der Waals surface area (Å²) < 4.78 is 29.9. The van der Waals surface area contributed by atoms with Gasteiger partial charge in [-0.1, -0.05) is 29.6 Å². The molecule has 0 bridgehead atoms. The molecule has 0 spiro atoms. The molecule has 1 aliphatic rings. The Morgan fingerprint density at radius 1 is 1.28 bits per heavy atom. The Labute approximate surface area is 150 Å². The van der Waals surface area contributed by atoms with E-state index in [4.69, 9.17) is 16.1 Å². The first-order valence-electron chi connectivity index (χ1n) is 7.91. The van der Waals surface area contributed by atoms with E-state index in [9.17, 15) is 13.2 Å². The van der Waals surface area contributed by atoms with Gasteiger partial charge in [0.2, 0.25) is 11.8 Å². The van der Waals surface area contributed by atoms with E-state index in [2.05, 4.69) is 15.5 Å². The number of carbonyl (C=O) groups is 1. The molecule has 3 rings (SSSR count). The molecule has 9 heteroatoms. The molecular formula is C16H18ClN3O4S. The normalized spacial score (nSPS) is 16.7. The number of aryl methyl sites for hydroxylation is 1. The number of nitrogens with zero attached hydrogens (tertiary/aromatic N) is 2. The van der Waals surface area contributed by atoms with Gasteiger partial charge in [-0.3, -0.25) is 4.79 Å². The van der Waals surface area contributed by atoms with Crippen LogP contribution in [0.25, 0.3) is 0 Å². The summed E-state index contributed by atoms with van der Waals surface area (Å²) in [5.74, 6) is -0.420. The fourth-order valence-corrected chi connectivity index (χ4v) is 4.34. The van der Waals surface area contributed by atoms with Crippen LogP contribution in [0.3, 0.4) is 0 Å². The van der Waals surface area contributed by atoms with Gasteiger partial charge in [-0.05, 0) is 37.1 Å². The molecule has 0 unspecified atom stereocenters. The second-order valence-electron chi connectivity index (χ2n) is 6.19. The molecule has 7 nitrogen and oxygen atoms in total. The van der Waals surface area contributed by atoms with Crippen molar-refractivity contribution in [2.45, 2.75) is 43.0 Å². The molecule has 1 saturated carbocycles. The maximum atomic E-state index is 12.4. The van der Waals surface area contributed by atoms with E-state index in [-0.39, 0.29) is 4.90 Å². The number of hydrogen-bond donors (Lipinski definition) is 1. The third kappa shape index (κ3) is 3.85. The molecule has 1 aromatic heterocycles. The van der Waals surface area contributed by atoms with E-state index in [0.29, 0.717) is 29.6 Å². The maximum absolute atomic E-state index is 12.4. The molecule has 134 valence electrons. The molecule has 1 N–H and O–H groups in total. The van der Waals surface area contributed by atoms with Crippen molar-refractivity contribution in [1.82, 2.24) is 15.5 Å². The first-order valence-corrected chi connectivity index (χ1v) is 9.94. The molecule has 1 heterocycles. The standard InChI is InChI=1S/C16H18ClN3O4S/c1-11-18-15(20-24-11)16(8-2-3-9-16)19-14(21)10-25(22,23)13-6-4-12(17)5-7-13/h4-7H,2-3,8-10H2,1H3,(H,19,21). The minimum Gasteiger partial charge on any atom is -0.342 e. The lowest BCUT2D eigenvalue weighted by molar-refractivity contribution is -0.120. The molecule has 1 fully saturated rings. The van der Waals surface area contributed by atoms with Gasteiger partial charge in [0, 0.05) is 11.9 Å². The van der Waals surface area contributed by atoms with Crippen LogP contribution in [-0.4, -0.2) is 30.2 Å². The van der Waals surface area contributed by atoms with Crippen molar-refractivity contribution in [3.63, 3.8) is 0 Å². The number of benzene rings is 1. The Bertz CT molecular complexity index is 871. The van der Waals surface area contributed by atoms with Crippen LogP contribution in [0.5, 0.6) is 0 Å². The number of rotatable bonds is 5. The van der Waals surface area contributed by atoms with E-state index < -0.39 is 27.0 Å². The monoisotopic (exact) mass is 383 g/mol. The molecular weight excluding hydrogens is 366 g/mol. The van der Waals surface area contributed by atoms with Gasteiger partial charge >= 0.3 is 0 Å². The summed E-state index contributed by atoms with van der Waals surface area (Å²) in [6.07, 6.45) is 3.10. The predicted octanol–water partition coefficient (Wildman–Crippen LogP) is 2.39. The van der Waals surface area contributed by atoms with Crippen molar-refractivity contribution in [3.05, 3.63) is 41.0 Å². The van der Waals surface area contributed by atoms with Crippen LogP contribution in [0.15, 0.2) is 33.7 Å². The Morgan fingerprint density at radius 2 is 1.92 bits per heavy atom. The van der Waals surface area contributed by atoms with E-state index >= 15 is 0 Å². The summed E-state index contributed by atoms with van der Waals surface area (Å²) in [6, 6.07) is 5.73. The van der Waals surface area contributed by atoms with Crippen molar-refractivity contribution < 1.29 is 17.7 Å². The van der Waals surface area contributed by atoms with Gasteiger partial charge in [-0.2, -0.15) is 4.98 Å². The lowest BCUT2D eigenvalue weighted by atomic mass is 9.96. The molecule has 1 amide bonds. The molecule has 0 aliphatic heterocycles. The number of aromatic nitrogens is 2. The van der Waals surface area contributed by atoms with Gasteiger partial charge in [-0.25, -0.2) is 8.42 Å². The molecule has 0 saturated heterocycles. The lowest BCUT2D eigenvalue weighted by Crippen LogP contribution is -2.46. The van der Waals surface area contributed by atoms with Crippen LogP contribution < -0.4 is 5.32 Å². The average Bonchev–Trinajstić information content (AvgIpc) is 3.17. The number of hydrogen-bond acceptors (Lipinski definition) is 6. The second kappa shape index (κ2) is 6.76. The summed E-state index contributed by atoms with van der Waals surface area (Å²) in [7, 11) is -3.76. The lowest BCUT2D eigenvalue weighted by Gasteiger charge is -2.26. The van der Waals surface area contributed by atoms with Crippen LogP contribution in [0.4, 0.5) is 0 Å². The maximum Gasteiger partial charge on any atom is 0.236 e. The fraction of sp³-hybridized carbons (Fsp3) is 0.438. The third-order valence-electron chi connectivity index (χ3n) is 4.29. The Kier molecular flexibility index (Phi) is 4.83. The molecule has 2 aromatic rings. The van der Waals surface area contributed by atoms with Gasteiger partial charge in [0.1, 0.15) is 11.3 Å². The van der Waals surface area contributed by atoms with E-state index in [0.717, 1.165) is 12.8 Å². The van der Waals surface area contributed by atoms with Crippen LogP contribution in [0.1, 0.15) is 37.4 Å². The van der Waals surface area contributed by atoms with Crippen LogP contribution in [-0.2, 0) is 20.2 Å². The van der Waals surface area contributed by atoms with Crippen molar-refractivity contribution in [2.75, 3.05) is 5.75 Å². The van der Waals surface area contributed by atoms with Crippen molar-refractivity contribution >= 4 is 27.3 Å². The highest BCUT2D eigenvalue weighted by molar-refractivity contribution is 7.92. The van der Waals surface area contributed by atoms with Gasteiger partial charge in [-0.15, -0.1) is 0 Å². The van der Waals surface area contributed by atoms with E-state index in [1.807, 2.05) is 0 Å². The quantitative estimate of drug-likeness (QED) is 0.850. The number of amides is 1. The average molecular weight is 384 g/mol. The smallest absolute Gasteiger partial charge is 0.236 e. The molecule has 1 aliphatic carbocycles. The number of sulfone groups is 1. The summed E-state index contributed by atoms with van der Waals surface area (Å²) in [5.41, 5.74) is -0.760. The van der Waals surface area contributed by atoms with Gasteiger partial charge < -0.3 is 9.84 Å². The summed E-state index contributed by atoms with van der Waals surface area (Å²) in [5, 5.41) is 7.18. The highest BCUT2D eigenvalue weighted by atomic mass is 35.5. The first kappa shape index (κ1) is 17.9. The summed E-state index contributed by atoms with van der Waals surface area (Å²) in [4.78, 5) is 16.7. The summed E-state index contributed by atoms with van der Waals surface area (Å²) >= 11 is 5.77. The van der Waals surface area contributed by atoms with Gasteiger partial charge in [0.05, 0.1) is 4.90 Å². The Hall–Kier alpha value is -1.93. The van der Waals surface area contributed by atoms with Gasteiger partial charge in [0.15, 0.2) is 15.7 Å². The van der Waals surface area contributed by atoms with Crippen LogP contribution in [0.2, 0.25) is 5.02 Å². The Morgan fingerprint density at radius 3 is 2.48 bits per heavy atom. The highest BCUT2D eigenvalue weighted by Crippen LogP contribution is 2.37. The fourth-order valence-electron chi connectivity index (χ4n) is 3.08. The number of halogens is 1. The third-order valence-corrected chi connectivity index (χ3v) is 6.17. The van der Waals surface area contributed by atoms with E-state index in [1.165, 1.54) is 24.3 Å². The van der Waals surface area contributed by atoms with E-state index in [1.54, 1.807) is 6.92 Å². The topological polar surface area (TPSA) is 102 Å². The van der Waals surface area contributed by atoms with Gasteiger partial charge in [0.25, 0.3) is 0 Å². The number of nitrogens with one attached hydrogen (secondary N) is 1. The van der Waals surface area contributed by atoms with Crippen LogP contribution in [0, 0.1) is 6.92 Å². The molecule has 0 radical (unpaired) electrons.